The van der Waals surface area contributed by atoms with Crippen molar-refractivity contribution in [2.45, 2.75) is 32.5 Å². The van der Waals surface area contributed by atoms with Crippen molar-refractivity contribution >= 4 is 11.8 Å². The molecule has 116 valence electrons. The minimum Gasteiger partial charge on any atom is -0.497 e. The fraction of sp³-hybridized carbons (Fsp3) is 0.533. The maximum atomic E-state index is 11.9. The highest BCUT2D eigenvalue weighted by atomic mass is 16.6. The Balaban J connectivity index is 2.11. The second-order valence-electron chi connectivity index (χ2n) is 5.89. The van der Waals surface area contributed by atoms with E-state index in [1.165, 1.54) is 0 Å². The van der Waals surface area contributed by atoms with Gasteiger partial charge in [-0.3, -0.25) is 5.32 Å². The van der Waals surface area contributed by atoms with Gasteiger partial charge in [0.2, 0.25) is 0 Å². The van der Waals surface area contributed by atoms with E-state index < -0.39 is 11.7 Å². The van der Waals surface area contributed by atoms with Crippen molar-refractivity contribution in [1.82, 2.24) is 5.32 Å². The summed E-state index contributed by atoms with van der Waals surface area (Å²) in [6, 6.07) is 5.29. The van der Waals surface area contributed by atoms with E-state index in [-0.39, 0.29) is 6.10 Å². The fourth-order valence-electron chi connectivity index (χ4n) is 1.78. The maximum absolute atomic E-state index is 11.9. The molecule has 0 bridgehead atoms. The predicted molar refractivity (Wildman–Crippen MR) is 80.1 cm³/mol. The molecule has 21 heavy (non-hydrogen) atoms. The monoisotopic (exact) mass is 294 g/mol. The number of hydrogen-bond acceptors (Lipinski definition) is 5. The fourth-order valence-corrected chi connectivity index (χ4v) is 1.78. The molecule has 1 aromatic rings. The van der Waals surface area contributed by atoms with Gasteiger partial charge in [-0.1, -0.05) is 0 Å². The molecule has 0 atom stereocenters. The van der Waals surface area contributed by atoms with Crippen LogP contribution in [0.5, 0.6) is 11.5 Å². The lowest BCUT2D eigenvalue weighted by Gasteiger charge is -2.29. The zero-order chi connectivity index (χ0) is 15.5. The molecule has 0 unspecified atom stereocenters. The van der Waals surface area contributed by atoms with Crippen LogP contribution in [0.4, 0.5) is 10.5 Å². The van der Waals surface area contributed by atoms with Crippen LogP contribution in [0.15, 0.2) is 18.2 Å². The summed E-state index contributed by atoms with van der Waals surface area (Å²) < 4.78 is 16.3. The number of rotatable bonds is 4. The Kier molecular flexibility index (Phi) is 4.57. The zero-order valence-electron chi connectivity index (χ0n) is 12.9. The molecule has 1 fully saturated rings. The number of benzene rings is 1. The maximum Gasteiger partial charge on any atom is 0.412 e. The van der Waals surface area contributed by atoms with Gasteiger partial charge in [0.05, 0.1) is 12.8 Å². The molecule has 1 heterocycles. The van der Waals surface area contributed by atoms with Gasteiger partial charge in [-0.2, -0.15) is 0 Å². The molecule has 1 aliphatic heterocycles. The van der Waals surface area contributed by atoms with E-state index in [0.717, 1.165) is 13.1 Å². The van der Waals surface area contributed by atoms with E-state index in [9.17, 15) is 4.79 Å². The third-order valence-electron chi connectivity index (χ3n) is 2.86. The average molecular weight is 294 g/mol. The molecular formula is C15H22N2O4. The number of anilines is 1. The first kappa shape index (κ1) is 15.4. The molecule has 6 nitrogen and oxygen atoms in total. The second kappa shape index (κ2) is 6.22. The Bertz CT molecular complexity index is 507. The van der Waals surface area contributed by atoms with Gasteiger partial charge < -0.3 is 19.5 Å². The SMILES string of the molecule is COc1ccc(OC2CNC2)c(NC(=O)OC(C)(C)C)c1. The highest BCUT2D eigenvalue weighted by molar-refractivity contribution is 5.87. The minimum absolute atomic E-state index is 0.123. The van der Waals surface area contributed by atoms with Crippen LogP contribution in [0.2, 0.25) is 0 Å². The zero-order valence-corrected chi connectivity index (χ0v) is 12.9. The molecule has 6 heteroatoms. The minimum atomic E-state index is -0.554. The molecule has 0 spiro atoms. The van der Waals surface area contributed by atoms with Crippen molar-refractivity contribution in [1.29, 1.82) is 0 Å². The number of nitrogens with one attached hydrogen (secondary N) is 2. The molecular weight excluding hydrogens is 272 g/mol. The molecule has 1 amide bonds. The van der Waals surface area contributed by atoms with E-state index >= 15 is 0 Å². The Morgan fingerprint density at radius 3 is 2.57 bits per heavy atom. The predicted octanol–water partition coefficient (Wildman–Crippen LogP) is 2.39. The third-order valence-corrected chi connectivity index (χ3v) is 2.86. The Hall–Kier alpha value is -1.95. The van der Waals surface area contributed by atoms with Gasteiger partial charge in [0.25, 0.3) is 0 Å². The summed E-state index contributed by atoms with van der Waals surface area (Å²) in [5.74, 6) is 1.24. The van der Waals surface area contributed by atoms with Gasteiger partial charge in [0.1, 0.15) is 23.2 Å². The van der Waals surface area contributed by atoms with Gasteiger partial charge in [0.15, 0.2) is 0 Å². The van der Waals surface area contributed by atoms with Crippen LogP contribution in [-0.2, 0) is 4.74 Å². The van der Waals surface area contributed by atoms with Crippen LogP contribution in [0.1, 0.15) is 20.8 Å². The molecule has 1 saturated heterocycles. The van der Waals surface area contributed by atoms with Crippen molar-refractivity contribution in [3.63, 3.8) is 0 Å². The number of methoxy groups -OCH3 is 1. The Morgan fingerprint density at radius 1 is 1.33 bits per heavy atom. The standard InChI is InChI=1S/C15H22N2O4/c1-15(2,3)21-14(18)17-12-7-10(19-4)5-6-13(12)20-11-8-16-9-11/h5-7,11,16H,8-9H2,1-4H3,(H,17,18). The summed E-state index contributed by atoms with van der Waals surface area (Å²) in [6.07, 6.45) is -0.398. The topological polar surface area (TPSA) is 68.8 Å². The quantitative estimate of drug-likeness (QED) is 0.892. The number of carbonyl (C=O) groups excluding carboxylic acids is 1. The van der Waals surface area contributed by atoms with Crippen molar-refractivity contribution in [2.24, 2.45) is 0 Å². The van der Waals surface area contributed by atoms with Crippen LogP contribution >= 0.6 is 0 Å². The largest absolute Gasteiger partial charge is 0.497 e. The normalized spacial score (nSPS) is 15.0. The number of ether oxygens (including phenoxy) is 3. The summed E-state index contributed by atoms with van der Waals surface area (Å²) in [5, 5.41) is 5.84. The lowest BCUT2D eigenvalue weighted by atomic mass is 10.2. The van der Waals surface area contributed by atoms with Crippen LogP contribution in [0.25, 0.3) is 0 Å². The smallest absolute Gasteiger partial charge is 0.412 e. The highest BCUT2D eigenvalue weighted by Gasteiger charge is 2.22. The number of amides is 1. The van der Waals surface area contributed by atoms with Gasteiger partial charge >= 0.3 is 6.09 Å². The van der Waals surface area contributed by atoms with Crippen LogP contribution in [-0.4, -0.2) is 38.0 Å². The van der Waals surface area contributed by atoms with E-state index in [1.807, 2.05) is 20.8 Å². The molecule has 0 saturated carbocycles. The van der Waals surface area contributed by atoms with E-state index in [4.69, 9.17) is 14.2 Å². The van der Waals surface area contributed by atoms with Gasteiger partial charge in [-0.15, -0.1) is 0 Å². The summed E-state index contributed by atoms with van der Waals surface area (Å²) in [7, 11) is 1.57. The van der Waals surface area contributed by atoms with Crippen LogP contribution in [0.3, 0.4) is 0 Å². The van der Waals surface area contributed by atoms with Crippen LogP contribution < -0.4 is 20.1 Å². The molecule has 1 aliphatic rings. The first-order valence-corrected chi connectivity index (χ1v) is 6.93. The van der Waals surface area contributed by atoms with Gasteiger partial charge in [-0.05, 0) is 32.9 Å². The first-order chi connectivity index (χ1) is 9.87. The van der Waals surface area contributed by atoms with Crippen molar-refractivity contribution in [3.8, 4) is 11.5 Å². The molecule has 2 rings (SSSR count). The lowest BCUT2D eigenvalue weighted by Crippen LogP contribution is -2.50. The van der Waals surface area contributed by atoms with E-state index in [1.54, 1.807) is 25.3 Å². The third kappa shape index (κ3) is 4.53. The summed E-state index contributed by atoms with van der Waals surface area (Å²) >= 11 is 0. The van der Waals surface area contributed by atoms with Gasteiger partial charge in [-0.25, -0.2) is 4.79 Å². The summed E-state index contributed by atoms with van der Waals surface area (Å²) in [6.45, 7) is 7.05. The average Bonchev–Trinajstić information content (AvgIpc) is 2.32. The first-order valence-electron chi connectivity index (χ1n) is 6.93. The molecule has 0 aliphatic carbocycles. The highest BCUT2D eigenvalue weighted by Crippen LogP contribution is 2.30. The second-order valence-corrected chi connectivity index (χ2v) is 5.89. The Labute approximate surface area is 124 Å². The van der Waals surface area contributed by atoms with Gasteiger partial charge in [0, 0.05) is 19.2 Å². The van der Waals surface area contributed by atoms with Crippen molar-refractivity contribution in [3.05, 3.63) is 18.2 Å². The van der Waals surface area contributed by atoms with Crippen molar-refractivity contribution < 1.29 is 19.0 Å². The van der Waals surface area contributed by atoms with E-state index in [0.29, 0.717) is 17.2 Å². The van der Waals surface area contributed by atoms with E-state index in [2.05, 4.69) is 10.6 Å². The van der Waals surface area contributed by atoms with Crippen molar-refractivity contribution in [2.75, 3.05) is 25.5 Å². The molecule has 0 aromatic heterocycles. The molecule has 0 radical (unpaired) electrons. The lowest BCUT2D eigenvalue weighted by molar-refractivity contribution is 0.0634. The Morgan fingerprint density at radius 2 is 2.05 bits per heavy atom. The molecule has 2 N–H and O–H groups in total. The number of hydrogen-bond donors (Lipinski definition) is 2. The van der Waals surface area contributed by atoms with Crippen LogP contribution in [0, 0.1) is 0 Å². The molecule has 1 aromatic carbocycles. The summed E-state index contributed by atoms with van der Waals surface area (Å²) in [5.41, 5.74) is -0.0162. The number of carbonyl (C=O) groups is 1. The summed E-state index contributed by atoms with van der Waals surface area (Å²) in [4.78, 5) is 11.9.